The third-order valence-corrected chi connectivity index (χ3v) is 7.51. The summed E-state index contributed by atoms with van der Waals surface area (Å²) in [6, 6.07) is 11.9. The number of nitrogens with zero attached hydrogens (tertiary/aromatic N) is 1. The highest BCUT2D eigenvalue weighted by molar-refractivity contribution is 7.88. The highest BCUT2D eigenvalue weighted by atomic mass is 35.5. The number of esters is 1. The summed E-state index contributed by atoms with van der Waals surface area (Å²) in [5.74, 6) is -1.18. The molecule has 0 aliphatic carbocycles. The van der Waals surface area contributed by atoms with E-state index in [2.05, 4.69) is 10.1 Å². The maximum Gasteiger partial charge on any atom is 0.337 e. The number of halogens is 1. The average molecular weight is 465 g/mol. The first-order valence-corrected chi connectivity index (χ1v) is 11.9. The molecule has 0 atom stereocenters. The number of rotatable bonds is 6. The summed E-state index contributed by atoms with van der Waals surface area (Å²) in [7, 11) is -2.18. The first kappa shape index (κ1) is 23.2. The molecule has 1 amide bonds. The zero-order chi connectivity index (χ0) is 22.6. The van der Waals surface area contributed by atoms with E-state index in [1.54, 1.807) is 0 Å². The Morgan fingerprint density at radius 2 is 1.77 bits per heavy atom. The van der Waals surface area contributed by atoms with Gasteiger partial charge in [-0.1, -0.05) is 41.4 Å². The number of anilines is 1. The molecular weight excluding hydrogens is 440 g/mol. The van der Waals surface area contributed by atoms with E-state index in [0.717, 1.165) is 11.1 Å². The van der Waals surface area contributed by atoms with Crippen molar-refractivity contribution in [3.05, 3.63) is 64.2 Å². The van der Waals surface area contributed by atoms with Crippen LogP contribution in [-0.2, 0) is 25.3 Å². The van der Waals surface area contributed by atoms with E-state index in [1.165, 1.54) is 29.6 Å². The summed E-state index contributed by atoms with van der Waals surface area (Å²) in [4.78, 5) is 24.4. The number of aryl methyl sites for hydroxylation is 1. The van der Waals surface area contributed by atoms with E-state index in [1.807, 2.05) is 31.2 Å². The molecule has 1 N–H and O–H groups in total. The van der Waals surface area contributed by atoms with E-state index in [4.69, 9.17) is 11.6 Å². The highest BCUT2D eigenvalue weighted by Gasteiger charge is 2.31. The lowest BCUT2D eigenvalue weighted by atomic mass is 9.97. The van der Waals surface area contributed by atoms with Gasteiger partial charge in [0.2, 0.25) is 15.9 Å². The Morgan fingerprint density at radius 1 is 1.13 bits per heavy atom. The summed E-state index contributed by atoms with van der Waals surface area (Å²) in [6.07, 6.45) is 0.820. The molecule has 0 spiro atoms. The molecule has 1 aliphatic rings. The molecule has 0 radical (unpaired) electrons. The van der Waals surface area contributed by atoms with Gasteiger partial charge in [-0.15, -0.1) is 0 Å². The number of ether oxygens (including phenoxy) is 1. The van der Waals surface area contributed by atoms with Gasteiger partial charge < -0.3 is 10.1 Å². The predicted molar refractivity (Wildman–Crippen MR) is 120 cm³/mol. The van der Waals surface area contributed by atoms with Crippen molar-refractivity contribution in [1.29, 1.82) is 0 Å². The fourth-order valence-corrected chi connectivity index (χ4v) is 5.21. The lowest BCUT2D eigenvalue weighted by Crippen LogP contribution is -2.41. The normalized spacial score (nSPS) is 15.5. The summed E-state index contributed by atoms with van der Waals surface area (Å²) < 4.78 is 31.6. The quantitative estimate of drug-likeness (QED) is 0.659. The number of benzene rings is 2. The Hall–Kier alpha value is -2.42. The van der Waals surface area contributed by atoms with Gasteiger partial charge in [0.05, 0.1) is 29.1 Å². The van der Waals surface area contributed by atoms with Crippen LogP contribution in [0, 0.1) is 12.8 Å². The number of sulfonamides is 1. The van der Waals surface area contributed by atoms with Gasteiger partial charge >= 0.3 is 5.97 Å². The third-order valence-electron chi connectivity index (χ3n) is 5.33. The molecular formula is C22H25ClN2O5S. The van der Waals surface area contributed by atoms with Crippen LogP contribution in [0.25, 0.3) is 0 Å². The predicted octanol–water partition coefficient (Wildman–Crippen LogP) is 3.62. The van der Waals surface area contributed by atoms with Crippen LogP contribution >= 0.6 is 11.6 Å². The van der Waals surface area contributed by atoms with Crippen LogP contribution in [0.2, 0.25) is 5.02 Å². The lowest BCUT2D eigenvalue weighted by molar-refractivity contribution is -0.120. The fraction of sp³-hybridized carbons (Fsp3) is 0.364. The first-order chi connectivity index (χ1) is 14.7. The van der Waals surface area contributed by atoms with E-state index < -0.39 is 16.0 Å². The summed E-state index contributed by atoms with van der Waals surface area (Å²) in [5.41, 5.74) is 2.42. The number of carbonyl (C=O) groups is 2. The molecule has 31 heavy (non-hydrogen) atoms. The number of hydrogen-bond donors (Lipinski definition) is 1. The van der Waals surface area contributed by atoms with Gasteiger partial charge in [-0.25, -0.2) is 17.5 Å². The van der Waals surface area contributed by atoms with Crippen LogP contribution in [-0.4, -0.2) is 44.8 Å². The molecule has 1 saturated heterocycles. The van der Waals surface area contributed by atoms with Crippen molar-refractivity contribution in [2.45, 2.75) is 25.5 Å². The van der Waals surface area contributed by atoms with Gasteiger partial charge in [0, 0.05) is 19.0 Å². The van der Waals surface area contributed by atoms with Gasteiger partial charge in [-0.05, 0) is 43.5 Å². The summed E-state index contributed by atoms with van der Waals surface area (Å²) in [5, 5.41) is 3.06. The molecule has 0 saturated carbocycles. The number of amides is 1. The van der Waals surface area contributed by atoms with Crippen molar-refractivity contribution in [1.82, 2.24) is 4.31 Å². The lowest BCUT2D eigenvalue weighted by Gasteiger charge is -2.30. The Bertz CT molecular complexity index is 1060. The SMILES string of the molecule is COC(=O)c1ccc(Cl)c(NC(=O)C2CCN(S(=O)(=O)Cc3ccc(C)cc3)CC2)c1. The van der Waals surface area contributed by atoms with Gasteiger partial charge in [0.15, 0.2) is 0 Å². The molecule has 166 valence electrons. The number of hydrogen-bond acceptors (Lipinski definition) is 5. The van der Waals surface area contributed by atoms with Crippen LogP contribution in [0.4, 0.5) is 5.69 Å². The zero-order valence-corrected chi connectivity index (χ0v) is 19.0. The molecule has 3 rings (SSSR count). The van der Waals surface area contributed by atoms with Gasteiger partial charge in [-0.3, -0.25) is 4.79 Å². The van der Waals surface area contributed by atoms with Crippen LogP contribution in [0.5, 0.6) is 0 Å². The van der Waals surface area contributed by atoms with Crippen LogP contribution in [0.1, 0.15) is 34.3 Å². The Kier molecular flexibility index (Phi) is 7.35. The minimum Gasteiger partial charge on any atom is -0.465 e. The van der Waals surface area contributed by atoms with Crippen molar-refractivity contribution in [3.63, 3.8) is 0 Å². The fourth-order valence-electron chi connectivity index (χ4n) is 3.48. The van der Waals surface area contributed by atoms with Crippen molar-refractivity contribution >= 4 is 39.2 Å². The molecule has 0 bridgehead atoms. The molecule has 2 aromatic carbocycles. The number of methoxy groups -OCH3 is 1. The minimum absolute atomic E-state index is 0.0555. The number of carbonyl (C=O) groups excluding carboxylic acids is 2. The Labute approximate surface area is 187 Å². The smallest absolute Gasteiger partial charge is 0.337 e. The largest absolute Gasteiger partial charge is 0.465 e. The van der Waals surface area contributed by atoms with Gasteiger partial charge in [0.25, 0.3) is 0 Å². The average Bonchev–Trinajstić information content (AvgIpc) is 2.76. The van der Waals surface area contributed by atoms with Crippen LogP contribution < -0.4 is 5.32 Å². The topological polar surface area (TPSA) is 92.8 Å². The molecule has 9 heteroatoms. The van der Waals surface area contributed by atoms with Crippen molar-refractivity contribution < 1.29 is 22.7 Å². The number of piperidine rings is 1. The van der Waals surface area contributed by atoms with E-state index >= 15 is 0 Å². The maximum absolute atomic E-state index is 12.7. The Morgan fingerprint density at radius 3 is 2.39 bits per heavy atom. The van der Waals surface area contributed by atoms with E-state index in [9.17, 15) is 18.0 Å². The molecule has 0 unspecified atom stereocenters. The van der Waals surface area contributed by atoms with Crippen molar-refractivity contribution in [2.75, 3.05) is 25.5 Å². The van der Waals surface area contributed by atoms with Crippen LogP contribution in [0.15, 0.2) is 42.5 Å². The summed E-state index contributed by atoms with van der Waals surface area (Å²) in [6.45, 7) is 2.51. The second-order valence-corrected chi connectivity index (χ2v) is 9.97. The maximum atomic E-state index is 12.7. The minimum atomic E-state index is -3.45. The summed E-state index contributed by atoms with van der Waals surface area (Å²) >= 11 is 6.14. The van der Waals surface area contributed by atoms with Crippen LogP contribution in [0.3, 0.4) is 0 Å². The second kappa shape index (κ2) is 9.80. The molecule has 1 heterocycles. The molecule has 0 aromatic heterocycles. The van der Waals surface area contributed by atoms with Gasteiger partial charge in [0.1, 0.15) is 0 Å². The molecule has 7 nitrogen and oxygen atoms in total. The third kappa shape index (κ3) is 5.84. The number of nitrogens with one attached hydrogen (secondary N) is 1. The standard InChI is InChI=1S/C22H25ClN2O5S/c1-15-3-5-16(6-4-15)14-31(28,29)25-11-9-17(10-12-25)21(26)24-20-13-18(22(27)30-2)7-8-19(20)23/h3-8,13,17H,9-12,14H2,1-2H3,(H,24,26). The Balaban J connectivity index is 1.59. The molecule has 2 aromatic rings. The first-order valence-electron chi connectivity index (χ1n) is 9.91. The second-order valence-electron chi connectivity index (χ2n) is 7.59. The van der Waals surface area contributed by atoms with Crippen molar-refractivity contribution in [2.24, 2.45) is 5.92 Å². The molecule has 1 aliphatic heterocycles. The highest BCUT2D eigenvalue weighted by Crippen LogP contribution is 2.27. The monoisotopic (exact) mass is 464 g/mol. The molecule has 1 fully saturated rings. The zero-order valence-electron chi connectivity index (χ0n) is 17.4. The van der Waals surface area contributed by atoms with E-state index in [-0.39, 0.29) is 36.2 Å². The van der Waals surface area contributed by atoms with E-state index in [0.29, 0.717) is 23.6 Å². The van der Waals surface area contributed by atoms with Gasteiger partial charge in [-0.2, -0.15) is 0 Å². The van der Waals surface area contributed by atoms with Crippen molar-refractivity contribution in [3.8, 4) is 0 Å².